The number of fused-ring (bicyclic) bond motifs is 5. The number of aromatic amines is 5. The van der Waals surface area contributed by atoms with E-state index in [9.17, 15) is 43.0 Å². The predicted octanol–water partition coefficient (Wildman–Crippen LogP) is 15.4. The van der Waals surface area contributed by atoms with Crippen LogP contribution in [0.4, 0.5) is 22.0 Å². The standard InChI is InChI=1S/C16H19F3N2OS.C16H17N3OS.2C15H19ClN2OS.C15H18F2N2OS/c1-23(2,22)21-7-5-11(6-8-21)14-10-20-15-9-12(16(17,18)19)3-4-13(14)15;1-21(2,20)19-7-5-13(6-8-19)15-11-18-16-4-3-12(10-17)9-14(15)16;1-20(2,19)18-7-5-11(6-8-18)14-10-17-15-4-3-12(16)9-13(14)15;1-20(2,19)18-8-6-11(7-9-18)13-10-17-15-12(13)4-3-5-14(15)16;1-21(2,20)19-5-3-10(4-6-19)12-9-18-15-8-14(17)13(16)7-11(12)15/h3-4,9-11,20H,1,5-8H2,2H3;3-5,9,11,18H,1,6-8H2,2H3;3-4,9-11,17H,1,5-8H2,2H3;3-5,10-11,17H,1,6-9H2,2H3;7-10,18H,1,3-6H2,2H3. The Kier molecular flexibility index (Phi) is 24.3. The number of alkyl halides is 3. The van der Waals surface area contributed by atoms with Crippen LogP contribution in [0, 0.1) is 23.0 Å². The van der Waals surface area contributed by atoms with Crippen molar-refractivity contribution in [2.75, 3.05) is 96.7 Å². The topological polar surface area (TPSA) is 204 Å². The van der Waals surface area contributed by atoms with Gasteiger partial charge in [0.25, 0.3) is 0 Å². The Bertz CT molecular complexity index is 5440. The maximum Gasteiger partial charge on any atom is 0.416 e. The molecule has 0 bridgehead atoms. The predicted molar refractivity (Wildman–Crippen MR) is 435 cm³/mol. The van der Waals surface area contributed by atoms with Crippen LogP contribution >= 0.6 is 23.2 Å². The van der Waals surface area contributed by atoms with Crippen LogP contribution in [0.1, 0.15) is 120 Å². The smallest absolute Gasteiger partial charge is 0.361 e. The Morgan fingerprint density at radius 3 is 1.34 bits per heavy atom. The van der Waals surface area contributed by atoms with Crippen molar-refractivity contribution in [3.63, 3.8) is 0 Å². The average Bonchev–Trinajstić information content (AvgIpc) is 1.70. The minimum absolute atomic E-state index is 0.262. The molecule has 5 aromatic heterocycles. The average molecular weight is 1580 g/mol. The molecule has 5 N–H and O–H groups in total. The molecule has 0 aliphatic carbocycles. The molecule has 5 unspecified atom stereocenters. The van der Waals surface area contributed by atoms with E-state index in [-0.39, 0.29) is 11.8 Å². The maximum absolute atomic E-state index is 13.4. The third kappa shape index (κ3) is 19.0. The van der Waals surface area contributed by atoms with Crippen LogP contribution < -0.4 is 0 Å². The number of halogens is 7. The summed E-state index contributed by atoms with van der Waals surface area (Å²) >= 11 is 12.3. The van der Waals surface area contributed by atoms with E-state index < -0.39 is 71.9 Å². The minimum Gasteiger partial charge on any atom is -0.361 e. The molecule has 4 fully saturated rings. The van der Waals surface area contributed by atoms with E-state index in [2.05, 4.69) is 84.9 Å². The lowest BCUT2D eigenvalue weighted by atomic mass is 9.90. The molecular weight excluding hydrogens is 1490 g/mol. The number of nitrogens with zero attached hydrogens (tertiary/aromatic N) is 6. The fourth-order valence-corrected chi connectivity index (χ4v) is 20.2. The van der Waals surface area contributed by atoms with Gasteiger partial charge in [-0.25, -0.2) is 30.3 Å². The lowest BCUT2D eigenvalue weighted by molar-refractivity contribution is -0.137. The maximum atomic E-state index is 13.4. The lowest BCUT2D eigenvalue weighted by Crippen LogP contribution is -2.36. The largest absolute Gasteiger partial charge is 0.416 e. The van der Waals surface area contributed by atoms with Crippen LogP contribution in [0.5, 0.6) is 0 Å². The number of aromatic nitrogens is 5. The van der Waals surface area contributed by atoms with Gasteiger partial charge in [0.15, 0.2) is 11.6 Å². The van der Waals surface area contributed by atoms with Crippen molar-refractivity contribution in [3.05, 3.63) is 183 Å². The highest BCUT2D eigenvalue weighted by Gasteiger charge is 2.33. The van der Waals surface area contributed by atoms with Gasteiger partial charge in [-0.2, -0.15) is 18.4 Å². The Morgan fingerprint density at radius 1 is 0.457 bits per heavy atom. The third-order valence-corrected chi connectivity index (χ3v) is 28.6. The van der Waals surface area contributed by atoms with Gasteiger partial charge in [-0.1, -0.05) is 47.5 Å². The zero-order chi connectivity index (χ0) is 75.7. The summed E-state index contributed by atoms with van der Waals surface area (Å²) in [6.07, 6.45) is 24.2. The molecule has 564 valence electrons. The van der Waals surface area contributed by atoms with E-state index in [0.29, 0.717) is 61.2 Å². The van der Waals surface area contributed by atoms with Crippen molar-refractivity contribution in [1.29, 1.82) is 5.26 Å². The quantitative estimate of drug-likeness (QED) is 0.0665. The van der Waals surface area contributed by atoms with Crippen molar-refractivity contribution in [2.45, 2.75) is 87.6 Å². The summed E-state index contributed by atoms with van der Waals surface area (Å²) in [6.45, 7) is 7.57. The summed E-state index contributed by atoms with van der Waals surface area (Å²) in [5.74, 6) is 18.6. The summed E-state index contributed by atoms with van der Waals surface area (Å²) in [6, 6.07) is 26.1. The van der Waals surface area contributed by atoms with E-state index in [0.717, 1.165) is 162 Å². The van der Waals surface area contributed by atoms with Crippen LogP contribution in [-0.4, -0.2) is 194 Å². The number of rotatable bonds is 10. The van der Waals surface area contributed by atoms with Crippen LogP contribution in [0.15, 0.2) is 122 Å². The van der Waals surface area contributed by atoms with E-state index >= 15 is 0 Å². The first-order valence-corrected chi connectivity index (χ1v) is 45.9. The molecule has 5 aliphatic heterocycles. The van der Waals surface area contributed by atoms with E-state index in [1.807, 2.05) is 82.5 Å². The monoisotopic (exact) mass is 1580 g/mol. The van der Waals surface area contributed by atoms with Crippen LogP contribution in [0.25, 0.3) is 60.1 Å². The fraction of sp³-hybridized carbons (Fsp3) is 0.377. The molecule has 10 heterocycles. The van der Waals surface area contributed by atoms with Gasteiger partial charge in [0.1, 0.15) is 0 Å². The molecule has 0 spiro atoms. The van der Waals surface area contributed by atoms with Crippen molar-refractivity contribution < 1.29 is 43.0 Å². The molecule has 15 rings (SSSR count). The van der Waals surface area contributed by atoms with E-state index in [1.165, 1.54) is 39.6 Å². The minimum atomic E-state index is -4.33. The molecule has 5 atom stereocenters. The second-order valence-electron chi connectivity index (χ2n) is 28.5. The van der Waals surface area contributed by atoms with E-state index in [4.69, 9.17) is 28.5 Å². The Morgan fingerprint density at radius 2 is 0.876 bits per heavy atom. The van der Waals surface area contributed by atoms with Gasteiger partial charge in [-0.15, -0.1) is 0 Å². The SMILES string of the molecule is C=S(C)(=O)N1CC=C(c2c[nH]c3ccc(C#N)cc23)CC1.C=S(C)(=O)N1CCC(c2c[nH]c3c(Cl)cccc23)CC1.C=S(C)(=O)N1CCC(c2c[nH]c3cc(C(F)(F)F)ccc23)CC1.C=S(C)(=O)N1CCC(c2c[nH]c3cc(F)c(F)cc23)CC1.C=S(C)(=O)N1CCC(c2c[nH]c3ccc(Cl)cc23)CC1. The summed E-state index contributed by atoms with van der Waals surface area (Å²) in [4.78, 5) is 15.8. The molecule has 10 aromatic rings. The van der Waals surface area contributed by atoms with Gasteiger partial charge in [0, 0.05) is 242 Å². The Balaban J connectivity index is 0.000000131. The van der Waals surface area contributed by atoms with Crippen molar-refractivity contribution in [3.8, 4) is 6.07 Å². The highest BCUT2D eigenvalue weighted by Crippen LogP contribution is 2.41. The molecule has 5 aromatic carbocycles. The number of piperidine rings is 4. The summed E-state index contributed by atoms with van der Waals surface area (Å²) < 4.78 is 135. The van der Waals surface area contributed by atoms with Crippen LogP contribution in [-0.2, 0) is 54.7 Å². The van der Waals surface area contributed by atoms with Crippen molar-refractivity contribution in [1.82, 2.24) is 46.4 Å². The molecule has 28 heteroatoms. The number of nitriles is 1. The zero-order valence-corrected chi connectivity index (χ0v) is 65.3. The van der Waals surface area contributed by atoms with Gasteiger partial charge in [-0.05, 0) is 199 Å². The molecule has 0 amide bonds. The first-order chi connectivity index (χ1) is 49.4. The Hall–Kier alpha value is -6.84. The highest BCUT2D eigenvalue weighted by molar-refractivity contribution is 7.98. The number of H-pyrrole nitrogens is 5. The third-order valence-electron chi connectivity index (χ3n) is 20.8. The first-order valence-electron chi connectivity index (χ1n) is 34.7. The number of hydrogen-bond donors (Lipinski definition) is 5. The molecule has 16 nitrogen and oxygen atoms in total. The number of benzene rings is 5. The number of nitrogens with one attached hydrogen (secondary N) is 5. The van der Waals surface area contributed by atoms with Gasteiger partial charge in [-0.3, -0.25) is 21.0 Å². The molecule has 0 radical (unpaired) electrons. The second kappa shape index (κ2) is 32.2. The van der Waals surface area contributed by atoms with Crippen LogP contribution in [0.3, 0.4) is 0 Å². The molecule has 5 aliphatic rings. The van der Waals surface area contributed by atoms with Gasteiger partial charge < -0.3 is 24.9 Å². The van der Waals surface area contributed by atoms with Crippen molar-refractivity contribution in [2.24, 2.45) is 0 Å². The normalized spacial score (nSPS) is 20.5. The van der Waals surface area contributed by atoms with Crippen LogP contribution in [0.2, 0.25) is 10.0 Å². The van der Waals surface area contributed by atoms with Gasteiger partial charge >= 0.3 is 6.18 Å². The molecule has 0 saturated carbocycles. The number of para-hydroxylation sites is 1. The van der Waals surface area contributed by atoms with Gasteiger partial charge in [0.2, 0.25) is 0 Å². The Labute approximate surface area is 624 Å². The highest BCUT2D eigenvalue weighted by atomic mass is 35.5. The second-order valence-corrected chi connectivity index (χ2v) is 41.5. The first kappa shape index (κ1) is 79.2. The lowest BCUT2D eigenvalue weighted by Gasteiger charge is -2.32. The summed E-state index contributed by atoms with van der Waals surface area (Å²) in [5.41, 5.74) is 11.4. The zero-order valence-electron chi connectivity index (χ0n) is 59.7. The van der Waals surface area contributed by atoms with Gasteiger partial charge in [0.05, 0.1) is 27.7 Å². The molecule has 105 heavy (non-hydrogen) atoms. The fourth-order valence-electron chi connectivity index (χ4n) is 15.0. The van der Waals surface area contributed by atoms with Crippen molar-refractivity contribution >= 4 is 161 Å². The molecular formula is C77H92Cl2F5N11O5S5. The van der Waals surface area contributed by atoms with E-state index in [1.54, 1.807) is 43.5 Å². The summed E-state index contributed by atoms with van der Waals surface area (Å²) in [5, 5.41) is 15.6. The summed E-state index contributed by atoms with van der Waals surface area (Å²) in [7, 11) is -10.6. The molecule has 4 saturated heterocycles. The number of hydrogen-bond acceptors (Lipinski definition) is 6.